The first-order valence-electron chi connectivity index (χ1n) is 7.34. The monoisotopic (exact) mass is 302 g/mol. The minimum atomic E-state index is 0.456. The van der Waals surface area contributed by atoms with Crippen LogP contribution in [0.4, 0.5) is 0 Å². The number of quaternary nitrogens is 1. The lowest BCUT2D eigenvalue weighted by Crippen LogP contribution is -3.05. The molecule has 3 heteroatoms. The van der Waals surface area contributed by atoms with Gasteiger partial charge in [0.15, 0.2) is 0 Å². The standard InChI is InChI=1S/C18H23NOS/c1-19(2)14-13-17(15-9-5-4-6-10-15)21-18-12-8-7-11-16(18)20-3/h4-12,17H,13-14H2,1-3H3/p+1/t17-/m1/s1. The SMILES string of the molecule is COc1ccccc1S[C@H](CC[NH+](C)C)c1ccccc1. The molecule has 0 unspecified atom stereocenters. The van der Waals surface area contributed by atoms with Crippen LogP contribution in [0.2, 0.25) is 0 Å². The van der Waals surface area contributed by atoms with Crippen molar-refractivity contribution in [1.29, 1.82) is 0 Å². The topological polar surface area (TPSA) is 13.7 Å². The molecular formula is C18H24NOS+. The summed E-state index contributed by atoms with van der Waals surface area (Å²) in [5, 5.41) is 0.456. The van der Waals surface area contributed by atoms with E-state index in [1.807, 2.05) is 23.9 Å². The first-order chi connectivity index (χ1) is 10.2. The quantitative estimate of drug-likeness (QED) is 0.790. The van der Waals surface area contributed by atoms with E-state index in [1.54, 1.807) is 7.11 Å². The van der Waals surface area contributed by atoms with Gasteiger partial charge in [0.25, 0.3) is 0 Å². The normalized spacial score (nSPS) is 12.4. The third-order valence-electron chi connectivity index (χ3n) is 3.42. The van der Waals surface area contributed by atoms with Gasteiger partial charge < -0.3 is 9.64 Å². The number of hydrogen-bond acceptors (Lipinski definition) is 2. The van der Waals surface area contributed by atoms with Crippen LogP contribution in [0.3, 0.4) is 0 Å². The Hall–Kier alpha value is -1.45. The second kappa shape index (κ2) is 8.11. The van der Waals surface area contributed by atoms with E-state index >= 15 is 0 Å². The molecule has 1 atom stereocenters. The molecule has 21 heavy (non-hydrogen) atoms. The molecule has 0 saturated carbocycles. The lowest BCUT2D eigenvalue weighted by molar-refractivity contribution is -0.858. The lowest BCUT2D eigenvalue weighted by Gasteiger charge is -2.19. The summed E-state index contributed by atoms with van der Waals surface area (Å²) in [6.45, 7) is 1.15. The van der Waals surface area contributed by atoms with Gasteiger partial charge >= 0.3 is 0 Å². The van der Waals surface area contributed by atoms with E-state index in [1.165, 1.54) is 15.4 Å². The van der Waals surface area contributed by atoms with E-state index < -0.39 is 0 Å². The maximum atomic E-state index is 5.48. The summed E-state index contributed by atoms with van der Waals surface area (Å²) < 4.78 is 5.48. The van der Waals surface area contributed by atoms with E-state index in [0.717, 1.165) is 18.7 Å². The van der Waals surface area contributed by atoms with Crippen LogP contribution in [0.1, 0.15) is 17.2 Å². The summed E-state index contributed by atoms with van der Waals surface area (Å²) in [7, 11) is 6.15. The van der Waals surface area contributed by atoms with Gasteiger partial charge in [-0.2, -0.15) is 0 Å². The highest BCUT2D eigenvalue weighted by atomic mass is 32.2. The van der Waals surface area contributed by atoms with E-state index in [2.05, 4.69) is 56.6 Å². The van der Waals surface area contributed by atoms with E-state index in [-0.39, 0.29) is 0 Å². The largest absolute Gasteiger partial charge is 0.496 e. The van der Waals surface area contributed by atoms with Crippen LogP contribution < -0.4 is 9.64 Å². The minimum absolute atomic E-state index is 0.456. The molecule has 2 rings (SSSR count). The van der Waals surface area contributed by atoms with Gasteiger partial charge in [0.1, 0.15) is 5.75 Å². The van der Waals surface area contributed by atoms with Gasteiger partial charge in [0, 0.05) is 16.6 Å². The first kappa shape index (κ1) is 15.9. The molecule has 0 aromatic heterocycles. The van der Waals surface area contributed by atoms with Crippen molar-refractivity contribution in [2.75, 3.05) is 27.7 Å². The van der Waals surface area contributed by atoms with Gasteiger partial charge in [-0.3, -0.25) is 0 Å². The second-order valence-corrected chi connectivity index (χ2v) is 6.66. The average molecular weight is 302 g/mol. The maximum absolute atomic E-state index is 5.48. The van der Waals surface area contributed by atoms with E-state index in [9.17, 15) is 0 Å². The fourth-order valence-electron chi connectivity index (χ4n) is 2.25. The number of benzene rings is 2. The molecule has 0 fully saturated rings. The maximum Gasteiger partial charge on any atom is 0.132 e. The molecule has 0 aliphatic rings. The fraction of sp³-hybridized carbons (Fsp3) is 0.333. The molecule has 2 nitrogen and oxygen atoms in total. The Morgan fingerprint density at radius 2 is 1.67 bits per heavy atom. The van der Waals surface area contributed by atoms with Crippen molar-refractivity contribution in [3.05, 3.63) is 60.2 Å². The average Bonchev–Trinajstić information content (AvgIpc) is 2.52. The highest BCUT2D eigenvalue weighted by Gasteiger charge is 2.16. The Bertz CT molecular complexity index is 542. The van der Waals surface area contributed by atoms with Crippen molar-refractivity contribution in [1.82, 2.24) is 0 Å². The Kier molecular flexibility index (Phi) is 6.15. The number of para-hydroxylation sites is 1. The van der Waals surface area contributed by atoms with Crippen molar-refractivity contribution in [2.24, 2.45) is 0 Å². The zero-order valence-corrected chi connectivity index (χ0v) is 13.8. The predicted molar refractivity (Wildman–Crippen MR) is 90.3 cm³/mol. The van der Waals surface area contributed by atoms with Crippen LogP contribution >= 0.6 is 11.8 Å². The van der Waals surface area contributed by atoms with Crippen LogP contribution in [0, 0.1) is 0 Å². The number of rotatable bonds is 7. The van der Waals surface area contributed by atoms with Crippen molar-refractivity contribution < 1.29 is 9.64 Å². The number of ether oxygens (including phenoxy) is 1. The Balaban J connectivity index is 2.19. The molecule has 112 valence electrons. The molecule has 0 heterocycles. The summed E-state index contributed by atoms with van der Waals surface area (Å²) in [5.41, 5.74) is 1.38. The van der Waals surface area contributed by atoms with Crippen LogP contribution in [0.5, 0.6) is 5.75 Å². The summed E-state index contributed by atoms with van der Waals surface area (Å²) in [6, 6.07) is 19.0. The summed E-state index contributed by atoms with van der Waals surface area (Å²) in [6.07, 6.45) is 1.15. The molecule has 0 aliphatic heterocycles. The van der Waals surface area contributed by atoms with Gasteiger partial charge in [-0.05, 0) is 17.7 Å². The molecule has 0 bridgehead atoms. The van der Waals surface area contributed by atoms with E-state index in [4.69, 9.17) is 4.74 Å². The molecule has 0 spiro atoms. The van der Waals surface area contributed by atoms with E-state index in [0.29, 0.717) is 5.25 Å². The molecular weight excluding hydrogens is 278 g/mol. The van der Waals surface area contributed by atoms with Crippen molar-refractivity contribution >= 4 is 11.8 Å². The minimum Gasteiger partial charge on any atom is -0.496 e. The Labute approximate surface area is 132 Å². The van der Waals surface area contributed by atoms with Gasteiger partial charge in [-0.25, -0.2) is 0 Å². The summed E-state index contributed by atoms with van der Waals surface area (Å²) in [5.74, 6) is 0.959. The molecule has 0 saturated heterocycles. The number of methoxy groups -OCH3 is 1. The highest BCUT2D eigenvalue weighted by Crippen LogP contribution is 2.41. The Morgan fingerprint density at radius 3 is 2.33 bits per heavy atom. The van der Waals surface area contributed by atoms with Crippen molar-refractivity contribution in [3.63, 3.8) is 0 Å². The fourth-order valence-corrected chi connectivity index (χ4v) is 3.51. The zero-order chi connectivity index (χ0) is 15.1. The first-order valence-corrected chi connectivity index (χ1v) is 8.22. The molecule has 0 amide bonds. The molecule has 0 aliphatic carbocycles. The third kappa shape index (κ3) is 4.80. The zero-order valence-electron chi connectivity index (χ0n) is 13.0. The lowest BCUT2D eigenvalue weighted by atomic mass is 10.1. The number of nitrogens with one attached hydrogen (secondary N) is 1. The number of hydrogen-bond donors (Lipinski definition) is 1. The third-order valence-corrected chi connectivity index (χ3v) is 4.80. The number of thioether (sulfide) groups is 1. The molecule has 2 aromatic rings. The van der Waals surface area contributed by atoms with Gasteiger partial charge in [-0.1, -0.05) is 42.5 Å². The Morgan fingerprint density at radius 1 is 1.00 bits per heavy atom. The van der Waals surface area contributed by atoms with Crippen LogP contribution in [0.25, 0.3) is 0 Å². The predicted octanol–water partition coefficient (Wildman–Crippen LogP) is 3.06. The van der Waals surface area contributed by atoms with Gasteiger partial charge in [0.05, 0.1) is 27.7 Å². The second-order valence-electron chi connectivity index (χ2n) is 5.41. The van der Waals surface area contributed by atoms with Crippen molar-refractivity contribution in [3.8, 4) is 5.75 Å². The van der Waals surface area contributed by atoms with Crippen LogP contribution in [-0.4, -0.2) is 27.7 Å². The van der Waals surface area contributed by atoms with Crippen LogP contribution in [0.15, 0.2) is 59.5 Å². The van der Waals surface area contributed by atoms with Gasteiger partial charge in [0.2, 0.25) is 0 Å². The highest BCUT2D eigenvalue weighted by molar-refractivity contribution is 7.99. The van der Waals surface area contributed by atoms with Gasteiger partial charge in [-0.15, -0.1) is 11.8 Å². The summed E-state index contributed by atoms with van der Waals surface area (Å²) in [4.78, 5) is 2.69. The summed E-state index contributed by atoms with van der Waals surface area (Å²) >= 11 is 1.90. The smallest absolute Gasteiger partial charge is 0.132 e. The van der Waals surface area contributed by atoms with Crippen LogP contribution in [-0.2, 0) is 0 Å². The molecule has 2 aromatic carbocycles. The van der Waals surface area contributed by atoms with Crippen molar-refractivity contribution in [2.45, 2.75) is 16.6 Å². The molecule has 1 N–H and O–H groups in total. The molecule has 0 radical (unpaired) electrons.